The molecular formula is C15H15ClN2O2. The molecule has 5 N–H and O–H groups in total. The van der Waals surface area contributed by atoms with E-state index in [1.54, 1.807) is 42.5 Å². The number of carbonyl (C=O) groups is 1. The average Bonchev–Trinajstić information content (AvgIpc) is 2.47. The molecule has 0 aliphatic carbocycles. The highest BCUT2D eigenvalue weighted by Crippen LogP contribution is 2.33. The van der Waals surface area contributed by atoms with Crippen LogP contribution < -0.4 is 11.5 Å². The van der Waals surface area contributed by atoms with Crippen LogP contribution in [-0.4, -0.2) is 11.0 Å². The predicted octanol–water partition coefficient (Wildman–Crippen LogP) is 1.52. The molecule has 0 aliphatic heterocycles. The number of halogens is 1. The van der Waals surface area contributed by atoms with E-state index in [1.807, 2.05) is 0 Å². The van der Waals surface area contributed by atoms with Crippen molar-refractivity contribution < 1.29 is 9.90 Å². The second-order valence-electron chi connectivity index (χ2n) is 4.45. The molecule has 0 saturated carbocycles. The zero-order valence-electron chi connectivity index (χ0n) is 10.7. The lowest BCUT2D eigenvalue weighted by Gasteiger charge is -2.28. The Bertz CT molecular complexity index is 631. The Morgan fingerprint density at radius 3 is 2.40 bits per heavy atom. The molecular weight excluding hydrogens is 276 g/mol. The van der Waals surface area contributed by atoms with Gasteiger partial charge in [0, 0.05) is 17.1 Å². The van der Waals surface area contributed by atoms with Crippen LogP contribution >= 0.6 is 11.6 Å². The van der Waals surface area contributed by atoms with Crippen molar-refractivity contribution in [1.29, 1.82) is 0 Å². The van der Waals surface area contributed by atoms with Crippen molar-refractivity contribution >= 4 is 17.5 Å². The Balaban J connectivity index is 2.72. The summed E-state index contributed by atoms with van der Waals surface area (Å²) in [6, 6.07) is 13.3. The minimum atomic E-state index is -1.96. The molecule has 5 heteroatoms. The number of primary amides is 1. The fraction of sp³-hybridized carbons (Fsp3) is 0.133. The van der Waals surface area contributed by atoms with E-state index in [0.29, 0.717) is 21.7 Å². The van der Waals surface area contributed by atoms with Crippen LogP contribution in [0.3, 0.4) is 0 Å². The summed E-state index contributed by atoms with van der Waals surface area (Å²) in [6.07, 6.45) is 0. The Kier molecular flexibility index (Phi) is 4.09. The van der Waals surface area contributed by atoms with Gasteiger partial charge in [-0.05, 0) is 23.3 Å². The fourth-order valence-electron chi connectivity index (χ4n) is 2.17. The van der Waals surface area contributed by atoms with Crippen molar-refractivity contribution in [2.75, 3.05) is 0 Å². The monoisotopic (exact) mass is 290 g/mol. The van der Waals surface area contributed by atoms with Crippen molar-refractivity contribution in [2.45, 2.75) is 12.1 Å². The van der Waals surface area contributed by atoms with Gasteiger partial charge in [-0.3, -0.25) is 4.79 Å². The van der Waals surface area contributed by atoms with Crippen LogP contribution in [0, 0.1) is 0 Å². The highest BCUT2D eigenvalue weighted by Gasteiger charge is 2.39. The van der Waals surface area contributed by atoms with Gasteiger partial charge in [-0.15, -0.1) is 0 Å². The molecule has 0 bridgehead atoms. The maximum absolute atomic E-state index is 11.9. The molecule has 2 aromatic rings. The van der Waals surface area contributed by atoms with Crippen molar-refractivity contribution in [2.24, 2.45) is 11.5 Å². The molecule has 1 atom stereocenters. The smallest absolute Gasteiger partial charge is 0.258 e. The van der Waals surface area contributed by atoms with E-state index in [2.05, 4.69) is 0 Å². The Morgan fingerprint density at radius 2 is 1.85 bits per heavy atom. The molecule has 0 spiro atoms. The lowest BCUT2D eigenvalue weighted by molar-refractivity contribution is -0.133. The van der Waals surface area contributed by atoms with Crippen LogP contribution in [-0.2, 0) is 16.9 Å². The fourth-order valence-corrected chi connectivity index (χ4v) is 2.35. The van der Waals surface area contributed by atoms with Crippen LogP contribution in [0.1, 0.15) is 16.7 Å². The number of aliphatic hydroxyl groups is 1. The highest BCUT2D eigenvalue weighted by molar-refractivity contribution is 6.30. The Morgan fingerprint density at radius 1 is 1.20 bits per heavy atom. The maximum Gasteiger partial charge on any atom is 0.258 e. The normalized spacial score (nSPS) is 13.8. The van der Waals surface area contributed by atoms with Crippen LogP contribution in [0.25, 0.3) is 0 Å². The summed E-state index contributed by atoms with van der Waals surface area (Å²) in [4.78, 5) is 11.9. The van der Waals surface area contributed by atoms with E-state index >= 15 is 0 Å². The molecule has 0 aliphatic rings. The topological polar surface area (TPSA) is 89.3 Å². The van der Waals surface area contributed by atoms with Crippen LogP contribution in [0.4, 0.5) is 0 Å². The standard InChI is InChI=1S/C15H15ClN2O2/c16-12-7-6-10(9-17)13(8-12)15(20,14(18)19)11-4-2-1-3-5-11/h1-8,20H,9,17H2,(H2,18,19). The van der Waals surface area contributed by atoms with Gasteiger partial charge < -0.3 is 16.6 Å². The summed E-state index contributed by atoms with van der Waals surface area (Å²) in [7, 11) is 0. The van der Waals surface area contributed by atoms with Crippen molar-refractivity contribution in [3.63, 3.8) is 0 Å². The summed E-state index contributed by atoms with van der Waals surface area (Å²) >= 11 is 5.97. The summed E-state index contributed by atoms with van der Waals surface area (Å²) in [5, 5.41) is 11.3. The SMILES string of the molecule is NCc1ccc(Cl)cc1C(O)(C(N)=O)c1ccccc1. The first-order valence-electron chi connectivity index (χ1n) is 6.07. The first-order valence-corrected chi connectivity index (χ1v) is 6.44. The average molecular weight is 291 g/mol. The zero-order valence-corrected chi connectivity index (χ0v) is 11.5. The van der Waals surface area contributed by atoms with Gasteiger partial charge in [-0.2, -0.15) is 0 Å². The summed E-state index contributed by atoms with van der Waals surface area (Å²) in [6.45, 7) is 0.162. The lowest BCUT2D eigenvalue weighted by atomic mass is 9.83. The molecule has 2 rings (SSSR count). The van der Waals surface area contributed by atoms with Crippen molar-refractivity contribution in [3.05, 3.63) is 70.2 Å². The van der Waals surface area contributed by atoms with Crippen molar-refractivity contribution in [3.8, 4) is 0 Å². The third-order valence-corrected chi connectivity index (χ3v) is 3.46. The van der Waals surface area contributed by atoms with Gasteiger partial charge in [-0.1, -0.05) is 48.0 Å². The molecule has 0 heterocycles. The van der Waals surface area contributed by atoms with Gasteiger partial charge >= 0.3 is 0 Å². The summed E-state index contributed by atoms with van der Waals surface area (Å²) < 4.78 is 0. The quantitative estimate of drug-likeness (QED) is 0.797. The van der Waals surface area contributed by atoms with E-state index in [-0.39, 0.29) is 6.54 Å². The molecule has 104 valence electrons. The number of benzene rings is 2. The number of carbonyl (C=O) groups excluding carboxylic acids is 1. The minimum absolute atomic E-state index is 0.162. The third kappa shape index (κ3) is 2.41. The van der Waals surface area contributed by atoms with Gasteiger partial charge in [0.15, 0.2) is 5.60 Å². The maximum atomic E-state index is 11.9. The first kappa shape index (κ1) is 14.5. The van der Waals surface area contributed by atoms with Gasteiger partial charge in [-0.25, -0.2) is 0 Å². The van der Waals surface area contributed by atoms with E-state index in [4.69, 9.17) is 23.1 Å². The number of hydrogen-bond donors (Lipinski definition) is 3. The molecule has 0 saturated heterocycles. The van der Waals surface area contributed by atoms with Gasteiger partial charge in [0.1, 0.15) is 0 Å². The largest absolute Gasteiger partial charge is 0.372 e. The van der Waals surface area contributed by atoms with Gasteiger partial charge in [0.2, 0.25) is 0 Å². The first-order chi connectivity index (χ1) is 9.50. The minimum Gasteiger partial charge on any atom is -0.372 e. The number of hydrogen-bond acceptors (Lipinski definition) is 3. The molecule has 4 nitrogen and oxygen atoms in total. The summed E-state index contributed by atoms with van der Waals surface area (Å²) in [5.41, 5.74) is 10.4. The van der Waals surface area contributed by atoms with Crippen LogP contribution in [0.15, 0.2) is 48.5 Å². The van der Waals surface area contributed by atoms with E-state index < -0.39 is 11.5 Å². The highest BCUT2D eigenvalue weighted by atomic mass is 35.5. The zero-order chi connectivity index (χ0) is 14.8. The molecule has 0 radical (unpaired) electrons. The molecule has 1 unspecified atom stereocenters. The second kappa shape index (κ2) is 5.63. The van der Waals surface area contributed by atoms with E-state index in [1.165, 1.54) is 6.07 Å². The number of amides is 1. The molecule has 0 aromatic heterocycles. The Hall–Kier alpha value is -1.88. The Labute approximate surface area is 122 Å². The van der Waals surface area contributed by atoms with Gasteiger partial charge in [0.25, 0.3) is 5.91 Å². The molecule has 20 heavy (non-hydrogen) atoms. The number of rotatable bonds is 4. The second-order valence-corrected chi connectivity index (χ2v) is 4.88. The van der Waals surface area contributed by atoms with Crippen LogP contribution in [0.2, 0.25) is 5.02 Å². The van der Waals surface area contributed by atoms with E-state index in [9.17, 15) is 9.90 Å². The molecule has 1 amide bonds. The van der Waals surface area contributed by atoms with Gasteiger partial charge in [0.05, 0.1) is 0 Å². The number of nitrogens with two attached hydrogens (primary N) is 2. The van der Waals surface area contributed by atoms with E-state index in [0.717, 1.165) is 0 Å². The predicted molar refractivity (Wildman–Crippen MR) is 78.0 cm³/mol. The summed E-state index contributed by atoms with van der Waals surface area (Å²) in [5.74, 6) is -0.874. The molecule has 2 aromatic carbocycles. The third-order valence-electron chi connectivity index (χ3n) is 3.23. The van der Waals surface area contributed by atoms with Crippen LogP contribution in [0.5, 0.6) is 0 Å². The van der Waals surface area contributed by atoms with Crippen molar-refractivity contribution in [1.82, 2.24) is 0 Å². The lowest BCUT2D eigenvalue weighted by Crippen LogP contribution is -2.43. The molecule has 0 fully saturated rings.